The Hall–Kier alpha value is -1.26. The number of methoxy groups -OCH3 is 1. The van der Waals surface area contributed by atoms with Crippen LogP contribution >= 0.6 is 11.6 Å². The summed E-state index contributed by atoms with van der Waals surface area (Å²) in [6.07, 6.45) is 4.48. The van der Waals surface area contributed by atoms with E-state index in [1.54, 1.807) is 26.3 Å². The lowest BCUT2D eigenvalue weighted by molar-refractivity contribution is 0.0985. The van der Waals surface area contributed by atoms with Crippen molar-refractivity contribution in [2.75, 3.05) is 20.7 Å². The molecule has 1 N–H and O–H groups in total. The number of ether oxygens (including phenoxy) is 2. The second-order valence-corrected chi connectivity index (χ2v) is 5.34. The van der Waals surface area contributed by atoms with E-state index in [0.717, 1.165) is 25.7 Å². The first-order valence-corrected chi connectivity index (χ1v) is 7.26. The molecule has 0 unspecified atom stereocenters. The normalized spacial score (nSPS) is 15.3. The SMILES string of the molecule is CNCC(=O)c1c(Cl)ccc(OC)c1OC1CCCC1. The Balaban J connectivity index is 2.37. The molecule has 1 aliphatic rings. The van der Waals surface area contributed by atoms with Crippen LogP contribution in [0.5, 0.6) is 11.5 Å². The molecule has 0 heterocycles. The Morgan fingerprint density at radius 1 is 1.40 bits per heavy atom. The third-order valence-electron chi connectivity index (χ3n) is 3.49. The van der Waals surface area contributed by atoms with Gasteiger partial charge in [-0.15, -0.1) is 0 Å². The number of nitrogens with one attached hydrogen (secondary N) is 1. The third kappa shape index (κ3) is 3.25. The van der Waals surface area contributed by atoms with Crippen molar-refractivity contribution in [3.63, 3.8) is 0 Å². The lowest BCUT2D eigenvalue weighted by atomic mass is 10.1. The first kappa shape index (κ1) is 15.1. The molecule has 110 valence electrons. The fourth-order valence-corrected chi connectivity index (χ4v) is 2.75. The minimum atomic E-state index is -0.0932. The molecule has 0 amide bonds. The van der Waals surface area contributed by atoms with Crippen molar-refractivity contribution in [3.8, 4) is 11.5 Å². The third-order valence-corrected chi connectivity index (χ3v) is 3.81. The number of carbonyl (C=O) groups excluding carboxylic acids is 1. The van der Waals surface area contributed by atoms with E-state index in [-0.39, 0.29) is 18.4 Å². The van der Waals surface area contributed by atoms with Crippen LogP contribution in [0.2, 0.25) is 5.02 Å². The van der Waals surface area contributed by atoms with E-state index in [4.69, 9.17) is 21.1 Å². The van der Waals surface area contributed by atoms with E-state index >= 15 is 0 Å². The van der Waals surface area contributed by atoms with Crippen LogP contribution in [0.25, 0.3) is 0 Å². The molecule has 1 fully saturated rings. The smallest absolute Gasteiger partial charge is 0.181 e. The largest absolute Gasteiger partial charge is 0.493 e. The van der Waals surface area contributed by atoms with E-state index in [2.05, 4.69) is 5.32 Å². The Kier molecular flexibility index (Phi) is 5.26. The molecule has 1 aliphatic carbocycles. The second kappa shape index (κ2) is 6.95. The maximum Gasteiger partial charge on any atom is 0.181 e. The molecule has 1 aromatic carbocycles. The number of Topliss-reactive ketones (excluding diaryl/α,β-unsaturated/α-hetero) is 1. The predicted octanol–water partition coefficient (Wildman–Crippen LogP) is 3.07. The molecule has 0 saturated heterocycles. The van der Waals surface area contributed by atoms with Gasteiger partial charge in [0, 0.05) is 0 Å². The molecule has 0 radical (unpaired) electrons. The van der Waals surface area contributed by atoms with Crippen molar-refractivity contribution in [3.05, 3.63) is 22.7 Å². The van der Waals surface area contributed by atoms with E-state index in [1.165, 1.54) is 0 Å². The second-order valence-electron chi connectivity index (χ2n) is 4.93. The first-order chi connectivity index (χ1) is 9.67. The van der Waals surface area contributed by atoms with Gasteiger partial charge in [-0.1, -0.05) is 11.6 Å². The fraction of sp³-hybridized carbons (Fsp3) is 0.533. The topological polar surface area (TPSA) is 47.6 Å². The van der Waals surface area contributed by atoms with Gasteiger partial charge in [-0.2, -0.15) is 0 Å². The number of rotatable bonds is 6. The summed E-state index contributed by atoms with van der Waals surface area (Å²) in [5.74, 6) is 0.942. The zero-order chi connectivity index (χ0) is 14.5. The standard InChI is InChI=1S/C15H20ClNO3/c1-17-9-12(18)14-11(16)7-8-13(19-2)15(14)20-10-5-3-4-6-10/h7-8,10,17H,3-6,9H2,1-2H3. The van der Waals surface area contributed by atoms with Gasteiger partial charge < -0.3 is 14.8 Å². The van der Waals surface area contributed by atoms with Crippen LogP contribution in [0.4, 0.5) is 0 Å². The summed E-state index contributed by atoms with van der Waals surface area (Å²) >= 11 is 6.19. The number of hydrogen-bond donors (Lipinski definition) is 1. The van der Waals surface area contributed by atoms with Crippen LogP contribution in [0.3, 0.4) is 0 Å². The summed E-state index contributed by atoms with van der Waals surface area (Å²) in [6.45, 7) is 0.216. The molecule has 4 nitrogen and oxygen atoms in total. The van der Waals surface area contributed by atoms with E-state index in [1.807, 2.05) is 0 Å². The van der Waals surface area contributed by atoms with Crippen molar-refractivity contribution in [2.45, 2.75) is 31.8 Å². The predicted molar refractivity (Wildman–Crippen MR) is 79.1 cm³/mol. The van der Waals surface area contributed by atoms with E-state index in [9.17, 15) is 4.79 Å². The lowest BCUT2D eigenvalue weighted by Crippen LogP contribution is -2.21. The minimum absolute atomic E-state index is 0.0932. The summed E-state index contributed by atoms with van der Waals surface area (Å²) in [5.41, 5.74) is 0.410. The summed E-state index contributed by atoms with van der Waals surface area (Å²) in [4.78, 5) is 12.2. The highest BCUT2D eigenvalue weighted by atomic mass is 35.5. The quantitative estimate of drug-likeness (QED) is 0.820. The Labute approximate surface area is 124 Å². The molecular formula is C15H20ClNO3. The molecule has 1 aromatic rings. The number of ketones is 1. The monoisotopic (exact) mass is 297 g/mol. The van der Waals surface area contributed by atoms with Gasteiger partial charge in [0.05, 0.1) is 30.3 Å². The number of likely N-dealkylation sites (N-methyl/N-ethyl adjacent to an activating group) is 1. The van der Waals surface area contributed by atoms with Crippen molar-refractivity contribution >= 4 is 17.4 Å². The van der Waals surface area contributed by atoms with Gasteiger partial charge in [-0.3, -0.25) is 4.79 Å². The Morgan fingerprint density at radius 3 is 2.70 bits per heavy atom. The van der Waals surface area contributed by atoms with Crippen LogP contribution in [-0.4, -0.2) is 32.6 Å². The first-order valence-electron chi connectivity index (χ1n) is 6.88. The van der Waals surface area contributed by atoms with Gasteiger partial charge in [-0.05, 0) is 44.9 Å². The van der Waals surface area contributed by atoms with E-state index in [0.29, 0.717) is 22.1 Å². The molecular weight excluding hydrogens is 278 g/mol. The number of benzene rings is 1. The van der Waals surface area contributed by atoms with Crippen molar-refractivity contribution in [2.24, 2.45) is 0 Å². The molecule has 0 spiro atoms. The van der Waals surface area contributed by atoms with Crippen LogP contribution < -0.4 is 14.8 Å². The molecule has 2 rings (SSSR count). The average molecular weight is 298 g/mol. The van der Waals surface area contributed by atoms with Gasteiger partial charge in [0.2, 0.25) is 0 Å². The maximum absolute atomic E-state index is 12.2. The van der Waals surface area contributed by atoms with Crippen LogP contribution in [0, 0.1) is 0 Å². The van der Waals surface area contributed by atoms with Crippen molar-refractivity contribution < 1.29 is 14.3 Å². The van der Waals surface area contributed by atoms with Gasteiger partial charge in [0.15, 0.2) is 17.3 Å². The van der Waals surface area contributed by atoms with Crippen LogP contribution in [0.1, 0.15) is 36.0 Å². The lowest BCUT2D eigenvalue weighted by Gasteiger charge is -2.19. The zero-order valence-electron chi connectivity index (χ0n) is 11.9. The highest BCUT2D eigenvalue weighted by Gasteiger charge is 2.25. The molecule has 0 aliphatic heterocycles. The number of halogens is 1. The number of hydrogen-bond acceptors (Lipinski definition) is 4. The summed E-state index contributed by atoms with van der Waals surface area (Å²) in [6, 6.07) is 3.41. The highest BCUT2D eigenvalue weighted by molar-refractivity contribution is 6.34. The Morgan fingerprint density at radius 2 is 2.10 bits per heavy atom. The minimum Gasteiger partial charge on any atom is -0.493 e. The van der Waals surface area contributed by atoms with Crippen molar-refractivity contribution in [1.29, 1.82) is 0 Å². The van der Waals surface area contributed by atoms with Crippen LogP contribution in [-0.2, 0) is 0 Å². The molecule has 0 atom stereocenters. The van der Waals surface area contributed by atoms with Crippen molar-refractivity contribution in [1.82, 2.24) is 5.32 Å². The fourth-order valence-electron chi connectivity index (χ4n) is 2.50. The van der Waals surface area contributed by atoms with E-state index < -0.39 is 0 Å². The summed E-state index contributed by atoms with van der Waals surface area (Å²) in [5, 5.41) is 3.25. The average Bonchev–Trinajstić information content (AvgIpc) is 2.92. The van der Waals surface area contributed by atoms with Gasteiger partial charge in [0.25, 0.3) is 0 Å². The van der Waals surface area contributed by atoms with Gasteiger partial charge in [0.1, 0.15) is 0 Å². The molecule has 20 heavy (non-hydrogen) atoms. The molecule has 1 saturated carbocycles. The van der Waals surface area contributed by atoms with Gasteiger partial charge >= 0.3 is 0 Å². The highest BCUT2D eigenvalue weighted by Crippen LogP contribution is 2.38. The zero-order valence-corrected chi connectivity index (χ0v) is 12.6. The summed E-state index contributed by atoms with van der Waals surface area (Å²) in [7, 11) is 3.29. The molecule has 0 aromatic heterocycles. The number of carbonyl (C=O) groups is 1. The maximum atomic E-state index is 12.2. The molecule has 0 bridgehead atoms. The molecule has 5 heteroatoms. The van der Waals surface area contributed by atoms with Gasteiger partial charge in [-0.25, -0.2) is 0 Å². The summed E-state index contributed by atoms with van der Waals surface area (Å²) < 4.78 is 11.3. The Bertz CT molecular complexity index is 484. The van der Waals surface area contributed by atoms with Crippen LogP contribution in [0.15, 0.2) is 12.1 Å².